The van der Waals surface area contributed by atoms with Crippen molar-refractivity contribution in [3.63, 3.8) is 0 Å². The van der Waals surface area contributed by atoms with Crippen molar-refractivity contribution in [1.82, 2.24) is 0 Å². The van der Waals surface area contributed by atoms with Crippen LogP contribution in [0.3, 0.4) is 0 Å². The number of fused-ring (bicyclic) bond motifs is 2. The van der Waals surface area contributed by atoms with Crippen LogP contribution in [0.5, 0.6) is 0 Å². The fourth-order valence-corrected chi connectivity index (χ4v) is 8.82. The summed E-state index contributed by atoms with van der Waals surface area (Å²) in [6, 6.07) is 0. The van der Waals surface area contributed by atoms with E-state index in [1.165, 1.54) is 25.7 Å². The molecule has 4 rings (SSSR count). The molecule has 0 amide bonds. The number of rotatable bonds is 2. The maximum absolute atomic E-state index is 4.93. The SMILES string of the molecule is CC(C)(C)C1CC(CC2CC(C(C)(C)C)C3CCCCC23)C2CCCCC21.[CH3-].[CH3-].[Cl][Zr+2][Cl]. The van der Waals surface area contributed by atoms with Crippen LogP contribution in [0.25, 0.3) is 0 Å². The standard InChI is InChI=1S/C27H48.2CH3.2ClH.Zr/c1-26(2,3)24-16-18(20-11-7-9-13-22(20)24)15-19-17-25(27(4,5)6)23-14-10-8-12-21(19)23;;;;;/h18-25H,7-17H2,1-6H3;2*1H3;2*1H;/q;2*-1;;;+4/p-2. The Morgan fingerprint density at radius 2 is 0.875 bits per heavy atom. The van der Waals surface area contributed by atoms with Crippen LogP contribution in [-0.4, -0.2) is 0 Å². The van der Waals surface area contributed by atoms with Gasteiger partial charge in [-0.15, -0.1) is 0 Å². The Bertz CT molecular complexity index is 488. The van der Waals surface area contributed by atoms with E-state index in [4.69, 9.17) is 17.0 Å². The fraction of sp³-hybridized carbons (Fsp3) is 0.931. The summed E-state index contributed by atoms with van der Waals surface area (Å²) in [7, 11) is 9.87. The summed E-state index contributed by atoms with van der Waals surface area (Å²) in [6.45, 7) is 15.2. The molecule has 8 atom stereocenters. The van der Waals surface area contributed by atoms with Gasteiger partial charge in [0.2, 0.25) is 0 Å². The minimum absolute atomic E-state index is 0. The quantitative estimate of drug-likeness (QED) is 0.293. The molecular formula is C29H54Cl2Zr. The summed E-state index contributed by atoms with van der Waals surface area (Å²) < 4.78 is 0. The van der Waals surface area contributed by atoms with Gasteiger partial charge in [0, 0.05) is 0 Å². The van der Waals surface area contributed by atoms with Gasteiger partial charge >= 0.3 is 37.9 Å². The Morgan fingerprint density at radius 1 is 0.594 bits per heavy atom. The van der Waals surface area contributed by atoms with E-state index < -0.39 is 20.8 Å². The Kier molecular flexibility index (Phi) is 12.9. The molecule has 4 aliphatic carbocycles. The zero-order valence-corrected chi connectivity index (χ0v) is 26.6. The van der Waals surface area contributed by atoms with Crippen molar-refractivity contribution in [2.45, 2.75) is 112 Å². The van der Waals surface area contributed by atoms with Crippen LogP contribution in [0.2, 0.25) is 0 Å². The molecule has 0 N–H and O–H groups in total. The predicted molar refractivity (Wildman–Crippen MR) is 142 cm³/mol. The second-order valence-corrected chi connectivity index (χ2v) is 17.2. The van der Waals surface area contributed by atoms with Crippen molar-refractivity contribution in [1.29, 1.82) is 0 Å². The van der Waals surface area contributed by atoms with Crippen LogP contribution in [0.1, 0.15) is 112 Å². The summed E-state index contributed by atoms with van der Waals surface area (Å²) in [5.41, 5.74) is 1.04. The zero-order valence-electron chi connectivity index (χ0n) is 22.7. The van der Waals surface area contributed by atoms with E-state index in [0.717, 1.165) is 47.3 Å². The number of hydrogen-bond donors (Lipinski definition) is 0. The molecule has 0 spiro atoms. The second-order valence-electron chi connectivity index (χ2n) is 13.5. The molecule has 4 fully saturated rings. The first-order valence-corrected chi connectivity index (χ1v) is 19.4. The Labute approximate surface area is 221 Å². The van der Waals surface area contributed by atoms with Gasteiger partial charge < -0.3 is 14.9 Å². The number of halogens is 2. The van der Waals surface area contributed by atoms with Crippen molar-refractivity contribution in [2.75, 3.05) is 0 Å². The van der Waals surface area contributed by atoms with Gasteiger partial charge in [-0.3, -0.25) is 0 Å². The third-order valence-electron chi connectivity index (χ3n) is 9.94. The molecule has 4 saturated carbocycles. The molecule has 0 radical (unpaired) electrons. The molecule has 0 aromatic carbocycles. The van der Waals surface area contributed by atoms with E-state index in [9.17, 15) is 0 Å². The molecule has 8 unspecified atom stereocenters. The van der Waals surface area contributed by atoms with E-state index in [2.05, 4.69) is 41.5 Å². The van der Waals surface area contributed by atoms with Crippen molar-refractivity contribution < 1.29 is 20.8 Å². The summed E-state index contributed by atoms with van der Waals surface area (Å²) in [5, 5.41) is 0. The van der Waals surface area contributed by atoms with Gasteiger partial charge in [-0.05, 0) is 103 Å². The van der Waals surface area contributed by atoms with Gasteiger partial charge in [-0.25, -0.2) is 0 Å². The number of hydrogen-bond acceptors (Lipinski definition) is 0. The van der Waals surface area contributed by atoms with Crippen LogP contribution in [0.15, 0.2) is 0 Å². The summed E-state index contributed by atoms with van der Waals surface area (Å²) in [5.74, 6) is 8.40. The minimum atomic E-state index is -0.826. The van der Waals surface area contributed by atoms with Crippen molar-refractivity contribution >= 4 is 17.0 Å². The van der Waals surface area contributed by atoms with Crippen LogP contribution in [0.4, 0.5) is 0 Å². The topological polar surface area (TPSA) is 0 Å². The Morgan fingerprint density at radius 3 is 1.16 bits per heavy atom. The average molecular weight is 565 g/mol. The van der Waals surface area contributed by atoms with E-state index in [-0.39, 0.29) is 14.9 Å². The van der Waals surface area contributed by atoms with Crippen LogP contribution < -0.4 is 0 Å². The zero-order chi connectivity index (χ0) is 22.1. The van der Waals surface area contributed by atoms with Gasteiger partial charge in [-0.1, -0.05) is 67.2 Å². The van der Waals surface area contributed by atoms with Gasteiger partial charge in [0.05, 0.1) is 0 Å². The first-order valence-electron chi connectivity index (χ1n) is 13.0. The van der Waals surface area contributed by atoms with E-state index >= 15 is 0 Å². The van der Waals surface area contributed by atoms with Crippen molar-refractivity contribution in [3.05, 3.63) is 14.9 Å². The van der Waals surface area contributed by atoms with E-state index in [1.807, 2.05) is 0 Å². The monoisotopic (exact) mass is 562 g/mol. The van der Waals surface area contributed by atoms with Crippen molar-refractivity contribution in [3.8, 4) is 0 Å². The molecule has 0 aromatic heterocycles. The molecule has 32 heavy (non-hydrogen) atoms. The Hall–Kier alpha value is 1.46. The molecule has 188 valence electrons. The fourth-order valence-electron chi connectivity index (χ4n) is 8.82. The van der Waals surface area contributed by atoms with Gasteiger partial charge in [0.25, 0.3) is 0 Å². The molecule has 0 aliphatic heterocycles. The summed E-state index contributed by atoms with van der Waals surface area (Å²) >= 11 is -0.826. The third-order valence-corrected chi connectivity index (χ3v) is 9.94. The summed E-state index contributed by atoms with van der Waals surface area (Å²) in [4.78, 5) is 0. The second kappa shape index (κ2) is 13.1. The molecule has 0 saturated heterocycles. The van der Waals surface area contributed by atoms with Gasteiger partial charge in [-0.2, -0.15) is 0 Å². The van der Waals surface area contributed by atoms with Crippen LogP contribution in [0, 0.1) is 73.0 Å². The molecule has 0 aromatic rings. The summed E-state index contributed by atoms with van der Waals surface area (Å²) in [6.07, 6.45) is 17.0. The normalized spacial score (nSPS) is 38.8. The van der Waals surface area contributed by atoms with Gasteiger partial charge in [0.15, 0.2) is 0 Å². The first-order chi connectivity index (χ1) is 14.1. The third kappa shape index (κ3) is 7.25. The van der Waals surface area contributed by atoms with Crippen LogP contribution >= 0.6 is 17.0 Å². The van der Waals surface area contributed by atoms with E-state index in [0.29, 0.717) is 10.8 Å². The van der Waals surface area contributed by atoms with Gasteiger partial charge in [0.1, 0.15) is 0 Å². The molecular weight excluding hydrogens is 510 g/mol. The first kappa shape index (κ1) is 31.5. The Balaban J connectivity index is 0.000000971. The maximum atomic E-state index is 4.93. The van der Waals surface area contributed by atoms with E-state index in [1.54, 1.807) is 44.9 Å². The van der Waals surface area contributed by atoms with Crippen LogP contribution in [-0.2, 0) is 20.8 Å². The molecule has 0 bridgehead atoms. The molecule has 4 aliphatic rings. The van der Waals surface area contributed by atoms with Crippen molar-refractivity contribution in [2.24, 2.45) is 58.2 Å². The average Bonchev–Trinajstić information content (AvgIpc) is 3.22. The molecule has 3 heteroatoms. The molecule has 0 heterocycles. The predicted octanol–water partition coefficient (Wildman–Crippen LogP) is 10.6. The molecule has 0 nitrogen and oxygen atoms in total.